The van der Waals surface area contributed by atoms with E-state index in [0.717, 1.165) is 32.5 Å². The van der Waals surface area contributed by atoms with Crippen molar-refractivity contribution < 1.29 is 4.79 Å². The fraction of sp³-hybridized carbons (Fsp3) is 0.458. The van der Waals surface area contributed by atoms with E-state index in [9.17, 15) is 4.79 Å². The second-order valence-electron chi connectivity index (χ2n) is 8.03. The molecule has 0 aliphatic carbocycles. The molecule has 2 aromatic rings. The lowest BCUT2D eigenvalue weighted by Crippen LogP contribution is -2.42. The van der Waals surface area contributed by atoms with Crippen LogP contribution < -0.4 is 0 Å². The first kappa shape index (κ1) is 18.2. The summed E-state index contributed by atoms with van der Waals surface area (Å²) in [5.74, 6) is 0.956. The van der Waals surface area contributed by atoms with Crippen LogP contribution in [-0.2, 0) is 11.3 Å². The maximum Gasteiger partial charge on any atom is 0.222 e. The minimum atomic E-state index is 0.318. The summed E-state index contributed by atoms with van der Waals surface area (Å²) in [5.41, 5.74) is 2.70. The Labute approximate surface area is 163 Å². The number of hydrogen-bond acceptors (Lipinski definition) is 2. The highest BCUT2D eigenvalue weighted by atomic mass is 16.2. The molecule has 2 aliphatic rings. The zero-order valence-electron chi connectivity index (χ0n) is 16.1. The van der Waals surface area contributed by atoms with E-state index in [4.69, 9.17) is 0 Å². The molecule has 0 saturated carbocycles. The summed E-state index contributed by atoms with van der Waals surface area (Å²) in [6.45, 7) is 3.95. The summed E-state index contributed by atoms with van der Waals surface area (Å²) >= 11 is 0. The zero-order chi connectivity index (χ0) is 18.5. The lowest BCUT2D eigenvalue weighted by Gasteiger charge is -2.38. The summed E-state index contributed by atoms with van der Waals surface area (Å²) < 4.78 is 0. The summed E-state index contributed by atoms with van der Waals surface area (Å²) in [5, 5.41) is 0. The Hall–Kier alpha value is -2.13. The molecule has 3 nitrogen and oxygen atoms in total. The second-order valence-corrected chi connectivity index (χ2v) is 8.03. The molecule has 2 aromatic carbocycles. The van der Waals surface area contributed by atoms with Crippen LogP contribution in [0.25, 0.3) is 0 Å². The fourth-order valence-electron chi connectivity index (χ4n) is 4.69. The molecule has 142 valence electrons. The fourth-order valence-corrected chi connectivity index (χ4v) is 4.69. The number of benzene rings is 2. The maximum absolute atomic E-state index is 12.6. The van der Waals surface area contributed by atoms with E-state index >= 15 is 0 Å². The number of carbonyl (C=O) groups is 1. The monoisotopic (exact) mass is 362 g/mol. The first-order chi connectivity index (χ1) is 13.3. The molecule has 0 bridgehead atoms. The standard InChI is InChI=1S/C24H30N2O/c27-24-14-13-23(15-17-26(24)18-20-8-3-1-4-9-20)25-16-7-12-22(19-25)21-10-5-2-6-11-21/h1-6,8-11,22-23H,7,12-19H2. The van der Waals surface area contributed by atoms with Crippen molar-refractivity contribution in [3.8, 4) is 0 Å². The molecule has 0 radical (unpaired) electrons. The molecule has 2 heterocycles. The largest absolute Gasteiger partial charge is 0.338 e. The van der Waals surface area contributed by atoms with Gasteiger partial charge in [0.25, 0.3) is 0 Å². The van der Waals surface area contributed by atoms with Crippen LogP contribution in [0.4, 0.5) is 0 Å². The predicted octanol–water partition coefficient (Wildman–Crippen LogP) is 4.45. The number of likely N-dealkylation sites (tertiary alicyclic amines) is 2. The lowest BCUT2D eigenvalue weighted by molar-refractivity contribution is -0.131. The average molecular weight is 363 g/mol. The maximum atomic E-state index is 12.6. The number of hydrogen-bond donors (Lipinski definition) is 0. The molecule has 2 saturated heterocycles. The Kier molecular flexibility index (Phi) is 5.88. The second kappa shape index (κ2) is 8.71. The number of amides is 1. The Bertz CT molecular complexity index is 731. The molecular weight excluding hydrogens is 332 g/mol. The van der Waals surface area contributed by atoms with Crippen LogP contribution in [0.5, 0.6) is 0 Å². The minimum absolute atomic E-state index is 0.318. The molecule has 1 amide bonds. The van der Waals surface area contributed by atoms with Crippen LogP contribution in [-0.4, -0.2) is 41.4 Å². The smallest absolute Gasteiger partial charge is 0.222 e. The summed E-state index contributed by atoms with van der Waals surface area (Å²) in [4.78, 5) is 17.4. The lowest BCUT2D eigenvalue weighted by atomic mass is 9.89. The van der Waals surface area contributed by atoms with E-state index in [2.05, 4.69) is 64.4 Å². The molecule has 27 heavy (non-hydrogen) atoms. The van der Waals surface area contributed by atoms with Crippen molar-refractivity contribution in [2.75, 3.05) is 19.6 Å². The highest BCUT2D eigenvalue weighted by Crippen LogP contribution is 2.30. The van der Waals surface area contributed by atoms with Gasteiger partial charge in [-0.25, -0.2) is 0 Å². The zero-order valence-corrected chi connectivity index (χ0v) is 16.1. The van der Waals surface area contributed by atoms with E-state index in [1.807, 2.05) is 6.07 Å². The van der Waals surface area contributed by atoms with Gasteiger partial charge in [-0.3, -0.25) is 9.69 Å². The number of piperidine rings is 1. The topological polar surface area (TPSA) is 23.6 Å². The Morgan fingerprint density at radius 2 is 1.59 bits per heavy atom. The Balaban J connectivity index is 1.38. The van der Waals surface area contributed by atoms with Crippen LogP contribution in [0.2, 0.25) is 0 Å². The SMILES string of the molecule is O=C1CCC(N2CCCC(c3ccccc3)C2)CCN1Cc1ccccc1. The first-order valence-corrected chi connectivity index (χ1v) is 10.4. The molecule has 2 aliphatic heterocycles. The van der Waals surface area contributed by atoms with Crippen LogP contribution in [0.15, 0.2) is 60.7 Å². The average Bonchev–Trinajstić information content (AvgIpc) is 2.91. The summed E-state index contributed by atoms with van der Waals surface area (Å²) in [6, 6.07) is 21.9. The number of rotatable bonds is 4. The van der Waals surface area contributed by atoms with Gasteiger partial charge >= 0.3 is 0 Å². The van der Waals surface area contributed by atoms with Gasteiger partial charge in [0.15, 0.2) is 0 Å². The number of carbonyl (C=O) groups excluding carboxylic acids is 1. The Morgan fingerprint density at radius 3 is 2.37 bits per heavy atom. The quantitative estimate of drug-likeness (QED) is 0.802. The molecule has 2 atom stereocenters. The minimum Gasteiger partial charge on any atom is -0.338 e. The van der Waals surface area contributed by atoms with Gasteiger partial charge in [-0.2, -0.15) is 0 Å². The van der Waals surface area contributed by atoms with Crippen LogP contribution in [0.3, 0.4) is 0 Å². The van der Waals surface area contributed by atoms with Gasteiger partial charge in [0.1, 0.15) is 0 Å². The molecule has 2 fully saturated rings. The van der Waals surface area contributed by atoms with E-state index in [1.165, 1.54) is 30.5 Å². The van der Waals surface area contributed by atoms with Gasteiger partial charge in [-0.1, -0.05) is 60.7 Å². The molecule has 2 unspecified atom stereocenters. The molecular formula is C24H30N2O. The molecule has 0 spiro atoms. The van der Waals surface area contributed by atoms with Crippen molar-refractivity contribution in [2.45, 2.75) is 50.6 Å². The third kappa shape index (κ3) is 4.59. The van der Waals surface area contributed by atoms with Gasteiger partial charge in [0.2, 0.25) is 5.91 Å². The van der Waals surface area contributed by atoms with Crippen molar-refractivity contribution in [2.24, 2.45) is 0 Å². The molecule has 4 rings (SSSR count). The highest BCUT2D eigenvalue weighted by molar-refractivity contribution is 5.76. The van der Waals surface area contributed by atoms with Crippen molar-refractivity contribution in [3.05, 3.63) is 71.8 Å². The van der Waals surface area contributed by atoms with Crippen molar-refractivity contribution in [1.82, 2.24) is 9.80 Å². The number of nitrogens with zero attached hydrogens (tertiary/aromatic N) is 2. The van der Waals surface area contributed by atoms with Gasteiger partial charge in [-0.05, 0) is 49.3 Å². The van der Waals surface area contributed by atoms with E-state index < -0.39 is 0 Å². The van der Waals surface area contributed by atoms with Gasteiger partial charge < -0.3 is 4.90 Å². The van der Waals surface area contributed by atoms with Crippen molar-refractivity contribution in [1.29, 1.82) is 0 Å². The van der Waals surface area contributed by atoms with Crippen LogP contribution in [0, 0.1) is 0 Å². The third-order valence-electron chi connectivity index (χ3n) is 6.23. The third-order valence-corrected chi connectivity index (χ3v) is 6.23. The van der Waals surface area contributed by atoms with Crippen molar-refractivity contribution in [3.63, 3.8) is 0 Å². The molecule has 0 aromatic heterocycles. The van der Waals surface area contributed by atoms with Gasteiger partial charge in [-0.15, -0.1) is 0 Å². The van der Waals surface area contributed by atoms with E-state index in [-0.39, 0.29) is 0 Å². The summed E-state index contributed by atoms with van der Waals surface area (Å²) in [6.07, 6.45) is 5.33. The van der Waals surface area contributed by atoms with Crippen LogP contribution >= 0.6 is 0 Å². The van der Waals surface area contributed by atoms with Gasteiger partial charge in [0, 0.05) is 32.1 Å². The van der Waals surface area contributed by atoms with Gasteiger partial charge in [0.05, 0.1) is 0 Å². The highest BCUT2D eigenvalue weighted by Gasteiger charge is 2.30. The molecule has 3 heteroatoms. The molecule has 0 N–H and O–H groups in total. The van der Waals surface area contributed by atoms with E-state index in [0.29, 0.717) is 24.3 Å². The first-order valence-electron chi connectivity index (χ1n) is 10.4. The summed E-state index contributed by atoms with van der Waals surface area (Å²) in [7, 11) is 0. The Morgan fingerprint density at radius 1 is 0.852 bits per heavy atom. The van der Waals surface area contributed by atoms with Crippen LogP contribution in [0.1, 0.15) is 49.1 Å². The van der Waals surface area contributed by atoms with E-state index in [1.54, 1.807) is 0 Å². The normalized spacial score (nSPS) is 24.6. The predicted molar refractivity (Wildman–Crippen MR) is 109 cm³/mol. The van der Waals surface area contributed by atoms with Crippen molar-refractivity contribution >= 4 is 5.91 Å².